The topological polar surface area (TPSA) is 73.2 Å². The van der Waals surface area contributed by atoms with Crippen molar-refractivity contribution in [3.63, 3.8) is 0 Å². The zero-order chi connectivity index (χ0) is 21.1. The van der Waals surface area contributed by atoms with Gasteiger partial charge in [0.05, 0.1) is 16.9 Å². The number of aryl methyl sites for hydroxylation is 2. The Morgan fingerprint density at radius 1 is 1.23 bits per heavy atom. The summed E-state index contributed by atoms with van der Waals surface area (Å²) < 4.78 is 7.26. The van der Waals surface area contributed by atoms with Gasteiger partial charge in [-0.05, 0) is 56.4 Å². The number of ether oxygens (including phenoxy) is 1. The summed E-state index contributed by atoms with van der Waals surface area (Å²) in [4.78, 5) is 31.8. The summed E-state index contributed by atoms with van der Waals surface area (Å²) >= 11 is 1.33. The molecule has 1 aliphatic rings. The molecule has 3 aromatic rings. The Kier molecular flexibility index (Phi) is 6.18. The van der Waals surface area contributed by atoms with Gasteiger partial charge in [-0.15, -0.1) is 11.3 Å². The van der Waals surface area contributed by atoms with Crippen LogP contribution >= 0.6 is 11.3 Å². The highest BCUT2D eigenvalue weighted by Gasteiger charge is 2.22. The van der Waals surface area contributed by atoms with Crippen LogP contribution in [0.2, 0.25) is 0 Å². The van der Waals surface area contributed by atoms with E-state index in [0.29, 0.717) is 28.2 Å². The number of amides is 1. The van der Waals surface area contributed by atoms with Crippen LogP contribution in [0, 0.1) is 6.92 Å². The van der Waals surface area contributed by atoms with Crippen LogP contribution in [0.4, 0.5) is 0 Å². The van der Waals surface area contributed by atoms with Crippen LogP contribution in [0.3, 0.4) is 0 Å². The van der Waals surface area contributed by atoms with Crippen LogP contribution in [0.1, 0.15) is 52.8 Å². The van der Waals surface area contributed by atoms with Crippen molar-refractivity contribution in [1.29, 1.82) is 0 Å². The lowest BCUT2D eigenvalue weighted by atomic mass is 10.1. The number of benzene rings is 1. The van der Waals surface area contributed by atoms with E-state index in [9.17, 15) is 9.59 Å². The maximum atomic E-state index is 13.0. The van der Waals surface area contributed by atoms with Crippen LogP contribution in [0.5, 0.6) is 5.75 Å². The Bertz CT molecular complexity index is 1120. The fourth-order valence-corrected chi connectivity index (χ4v) is 5.05. The predicted molar refractivity (Wildman–Crippen MR) is 120 cm³/mol. The number of rotatable bonds is 6. The number of fused-ring (bicyclic) bond motifs is 2. The summed E-state index contributed by atoms with van der Waals surface area (Å²) in [6.45, 7) is 5.71. The van der Waals surface area contributed by atoms with E-state index >= 15 is 0 Å². The Hall–Kier alpha value is -2.67. The van der Waals surface area contributed by atoms with Crippen LogP contribution < -0.4 is 15.6 Å². The third-order valence-electron chi connectivity index (χ3n) is 5.55. The van der Waals surface area contributed by atoms with E-state index in [0.717, 1.165) is 61.3 Å². The average molecular weight is 426 g/mol. The summed E-state index contributed by atoms with van der Waals surface area (Å²) in [5, 5.41) is 3.59. The van der Waals surface area contributed by atoms with E-state index in [1.807, 2.05) is 42.7 Å². The molecule has 158 valence electrons. The molecule has 2 aromatic heterocycles. The minimum absolute atomic E-state index is 0.000844. The molecule has 1 aliphatic heterocycles. The molecular formula is C23H27N3O3S. The van der Waals surface area contributed by atoms with Crippen LogP contribution in [-0.4, -0.2) is 28.6 Å². The van der Waals surface area contributed by atoms with E-state index in [4.69, 9.17) is 9.72 Å². The van der Waals surface area contributed by atoms with E-state index in [1.165, 1.54) is 11.3 Å². The number of thiophene rings is 1. The van der Waals surface area contributed by atoms with Gasteiger partial charge >= 0.3 is 0 Å². The highest BCUT2D eigenvalue weighted by molar-refractivity contribution is 7.20. The fourth-order valence-electron chi connectivity index (χ4n) is 3.95. The van der Waals surface area contributed by atoms with Crippen LogP contribution in [0.15, 0.2) is 29.1 Å². The summed E-state index contributed by atoms with van der Waals surface area (Å²) in [5.74, 6) is 1.57. The molecule has 0 bridgehead atoms. The normalized spacial score (nSPS) is 13.7. The minimum Gasteiger partial charge on any atom is -0.494 e. The highest BCUT2D eigenvalue weighted by atomic mass is 32.1. The van der Waals surface area contributed by atoms with E-state index in [-0.39, 0.29) is 11.5 Å². The number of nitrogens with zero attached hydrogens (tertiary/aromatic N) is 2. The largest absolute Gasteiger partial charge is 0.494 e. The highest BCUT2D eigenvalue weighted by Crippen LogP contribution is 2.28. The Morgan fingerprint density at radius 3 is 2.80 bits per heavy atom. The standard InChI is InChI=1S/C23H27N3O3S/c1-3-29-17-10-8-16(9-11-17)12-13-24-21(27)20-15(2)19-22(30-20)25-18-7-5-4-6-14-26(18)23(19)28/h8-11H,3-7,12-14H2,1-2H3,(H,24,27). The SMILES string of the molecule is CCOc1ccc(CCNC(=O)c2sc3nc4n(c(=O)c3c2C)CCCCC4)cc1. The van der Waals surface area contributed by atoms with Crippen LogP contribution in [0.25, 0.3) is 10.2 Å². The number of carbonyl (C=O) groups is 1. The van der Waals surface area contributed by atoms with Crippen molar-refractivity contribution in [1.82, 2.24) is 14.9 Å². The zero-order valence-corrected chi connectivity index (χ0v) is 18.3. The average Bonchev–Trinajstić information content (AvgIpc) is 2.91. The molecule has 6 nitrogen and oxygen atoms in total. The first-order chi connectivity index (χ1) is 14.6. The van der Waals surface area contributed by atoms with Crippen molar-refractivity contribution in [3.05, 3.63) is 56.4 Å². The molecule has 0 fully saturated rings. The quantitative estimate of drug-likeness (QED) is 0.651. The Labute approximate surface area is 179 Å². The van der Waals surface area contributed by atoms with Crippen molar-refractivity contribution in [2.75, 3.05) is 13.2 Å². The monoisotopic (exact) mass is 425 g/mol. The second-order valence-electron chi connectivity index (χ2n) is 7.61. The first-order valence-corrected chi connectivity index (χ1v) is 11.4. The van der Waals surface area contributed by atoms with E-state index < -0.39 is 0 Å². The van der Waals surface area contributed by atoms with Crippen molar-refractivity contribution >= 4 is 27.5 Å². The van der Waals surface area contributed by atoms with Gasteiger partial charge in [0.1, 0.15) is 16.4 Å². The third kappa shape index (κ3) is 4.12. The van der Waals surface area contributed by atoms with Gasteiger partial charge in [-0.1, -0.05) is 18.6 Å². The zero-order valence-electron chi connectivity index (χ0n) is 17.5. The lowest BCUT2D eigenvalue weighted by Crippen LogP contribution is -2.26. The number of nitrogens with one attached hydrogen (secondary N) is 1. The van der Waals surface area contributed by atoms with Gasteiger partial charge in [-0.25, -0.2) is 4.98 Å². The summed E-state index contributed by atoms with van der Waals surface area (Å²) in [5.41, 5.74) is 1.88. The van der Waals surface area contributed by atoms with E-state index in [2.05, 4.69) is 5.32 Å². The minimum atomic E-state index is -0.138. The van der Waals surface area contributed by atoms with Crippen molar-refractivity contribution in [2.45, 2.75) is 52.5 Å². The second kappa shape index (κ2) is 9.00. The summed E-state index contributed by atoms with van der Waals surface area (Å²) in [6, 6.07) is 7.92. The van der Waals surface area contributed by atoms with Gasteiger partial charge in [0.2, 0.25) is 0 Å². The van der Waals surface area contributed by atoms with Crippen LogP contribution in [-0.2, 0) is 19.4 Å². The fraction of sp³-hybridized carbons (Fsp3) is 0.435. The third-order valence-corrected chi connectivity index (χ3v) is 6.74. The van der Waals surface area contributed by atoms with Crippen molar-refractivity contribution in [3.8, 4) is 5.75 Å². The molecule has 0 aliphatic carbocycles. The number of hydrogen-bond donors (Lipinski definition) is 1. The first-order valence-electron chi connectivity index (χ1n) is 10.6. The predicted octanol–water partition coefficient (Wildman–Crippen LogP) is 3.86. The maximum absolute atomic E-state index is 13.0. The lowest BCUT2D eigenvalue weighted by Gasteiger charge is -2.08. The molecule has 1 aromatic carbocycles. The van der Waals surface area contributed by atoms with Gasteiger partial charge < -0.3 is 10.1 Å². The molecule has 0 spiro atoms. The number of carbonyl (C=O) groups excluding carboxylic acids is 1. The van der Waals surface area contributed by atoms with Gasteiger partial charge in [0, 0.05) is 19.5 Å². The van der Waals surface area contributed by atoms with Crippen molar-refractivity contribution < 1.29 is 9.53 Å². The molecule has 0 unspecified atom stereocenters. The molecule has 0 radical (unpaired) electrons. The number of aromatic nitrogens is 2. The van der Waals surface area contributed by atoms with Gasteiger partial charge in [0.25, 0.3) is 11.5 Å². The Morgan fingerprint density at radius 2 is 2.03 bits per heavy atom. The molecule has 1 N–H and O–H groups in total. The summed E-state index contributed by atoms with van der Waals surface area (Å²) in [6.07, 6.45) is 4.74. The second-order valence-corrected chi connectivity index (χ2v) is 8.61. The molecular weight excluding hydrogens is 398 g/mol. The first kappa shape index (κ1) is 20.6. The molecule has 0 atom stereocenters. The molecule has 0 saturated heterocycles. The lowest BCUT2D eigenvalue weighted by molar-refractivity contribution is 0.0957. The van der Waals surface area contributed by atoms with Gasteiger partial charge in [-0.3, -0.25) is 14.2 Å². The molecule has 3 heterocycles. The van der Waals surface area contributed by atoms with Gasteiger partial charge in [-0.2, -0.15) is 0 Å². The Balaban J connectivity index is 1.48. The maximum Gasteiger partial charge on any atom is 0.262 e. The molecule has 4 rings (SSSR count). The van der Waals surface area contributed by atoms with Gasteiger partial charge in [0.15, 0.2) is 0 Å². The van der Waals surface area contributed by atoms with E-state index in [1.54, 1.807) is 0 Å². The molecule has 30 heavy (non-hydrogen) atoms. The summed E-state index contributed by atoms with van der Waals surface area (Å²) in [7, 11) is 0. The molecule has 0 saturated carbocycles. The smallest absolute Gasteiger partial charge is 0.262 e. The molecule has 7 heteroatoms. The number of hydrogen-bond acceptors (Lipinski definition) is 5. The van der Waals surface area contributed by atoms with Crippen molar-refractivity contribution in [2.24, 2.45) is 0 Å². The molecule has 1 amide bonds.